The number of hydrazone groups is 1. The normalized spacial score (nSPS) is 18.1. The molecule has 0 saturated carbocycles. The second kappa shape index (κ2) is 7.86. The highest BCUT2D eigenvalue weighted by molar-refractivity contribution is 6.01. The topological polar surface area (TPSA) is 113 Å². The fourth-order valence-electron chi connectivity index (χ4n) is 2.70. The Balaban J connectivity index is 1.62. The molecule has 1 aromatic carbocycles. The van der Waals surface area contributed by atoms with Crippen LogP contribution in [0, 0.1) is 5.92 Å². The average Bonchev–Trinajstić information content (AvgIpc) is 3.09. The fraction of sp³-hybridized carbons (Fsp3) is 0.263. The summed E-state index contributed by atoms with van der Waals surface area (Å²) in [6.07, 6.45) is 3.77. The van der Waals surface area contributed by atoms with Crippen molar-refractivity contribution in [3.63, 3.8) is 0 Å². The van der Waals surface area contributed by atoms with Crippen molar-refractivity contribution in [2.45, 2.75) is 26.7 Å². The molecule has 1 aromatic heterocycles. The predicted octanol–water partition coefficient (Wildman–Crippen LogP) is 3.85. The van der Waals surface area contributed by atoms with Crippen LogP contribution in [0.1, 0.15) is 26.7 Å². The van der Waals surface area contributed by atoms with E-state index in [2.05, 4.69) is 38.7 Å². The number of hydrogen-bond donors (Lipinski definition) is 3. The lowest BCUT2D eigenvalue weighted by molar-refractivity contribution is 0.252. The molecule has 2 aromatic rings. The van der Waals surface area contributed by atoms with Gasteiger partial charge in [0, 0.05) is 5.56 Å². The van der Waals surface area contributed by atoms with Crippen LogP contribution in [0.2, 0.25) is 0 Å². The third-order valence-electron chi connectivity index (χ3n) is 4.33. The van der Waals surface area contributed by atoms with Crippen LogP contribution >= 0.6 is 0 Å². The summed E-state index contributed by atoms with van der Waals surface area (Å²) in [4.78, 5) is 12.0. The second-order valence-corrected chi connectivity index (χ2v) is 6.46. The molecule has 0 saturated heterocycles. The molecule has 1 aliphatic carbocycles. The van der Waals surface area contributed by atoms with E-state index in [4.69, 9.17) is 4.42 Å². The van der Waals surface area contributed by atoms with E-state index in [1.165, 1.54) is 12.1 Å². The highest BCUT2D eigenvalue weighted by atomic mass is 16.4. The van der Waals surface area contributed by atoms with Gasteiger partial charge in [-0.2, -0.15) is 5.10 Å². The van der Waals surface area contributed by atoms with Gasteiger partial charge in [0.15, 0.2) is 0 Å². The molecule has 0 aliphatic heterocycles. The molecule has 0 bridgehead atoms. The number of hydrogen-bond acceptors (Lipinski definition) is 6. The third-order valence-corrected chi connectivity index (χ3v) is 4.33. The molecular formula is C19H21N5O3. The van der Waals surface area contributed by atoms with Crippen molar-refractivity contribution in [3.05, 3.63) is 48.1 Å². The standard InChI is InChI=1S/C19H21N5O3/c1-11(2)13-8-7-12(3)16(10-13)21-23-18(26)20-19-24-22-17(27-19)14-5-4-6-15(25)9-14/h4-7,9,13,25H,1,8,10H2,2-3H3,(H2,20,23,24,26)/b21-16+. The summed E-state index contributed by atoms with van der Waals surface area (Å²) in [5, 5.41) is 23.7. The summed E-state index contributed by atoms with van der Waals surface area (Å²) in [7, 11) is 0. The summed E-state index contributed by atoms with van der Waals surface area (Å²) in [6, 6.07) is 5.73. The molecule has 0 spiro atoms. The summed E-state index contributed by atoms with van der Waals surface area (Å²) in [6.45, 7) is 7.96. The quantitative estimate of drug-likeness (QED) is 0.561. The van der Waals surface area contributed by atoms with E-state index in [0.717, 1.165) is 29.7 Å². The molecule has 140 valence electrons. The maximum absolute atomic E-state index is 12.0. The van der Waals surface area contributed by atoms with Crippen molar-refractivity contribution in [1.29, 1.82) is 0 Å². The highest BCUT2D eigenvalue weighted by Gasteiger charge is 2.19. The Morgan fingerprint density at radius 2 is 2.22 bits per heavy atom. The Morgan fingerprint density at radius 1 is 1.41 bits per heavy atom. The highest BCUT2D eigenvalue weighted by Crippen LogP contribution is 2.26. The maximum atomic E-state index is 12.0. The minimum Gasteiger partial charge on any atom is -0.508 e. The van der Waals surface area contributed by atoms with Gasteiger partial charge in [-0.15, -0.1) is 5.10 Å². The monoisotopic (exact) mass is 367 g/mol. The summed E-state index contributed by atoms with van der Waals surface area (Å²) < 4.78 is 5.38. The van der Waals surface area contributed by atoms with Crippen molar-refractivity contribution >= 4 is 17.8 Å². The van der Waals surface area contributed by atoms with Crippen LogP contribution in [0.15, 0.2) is 57.6 Å². The van der Waals surface area contributed by atoms with Crippen molar-refractivity contribution in [2.24, 2.45) is 11.0 Å². The number of urea groups is 1. The molecule has 2 amide bonds. The molecule has 8 heteroatoms. The molecule has 1 atom stereocenters. The largest absolute Gasteiger partial charge is 0.508 e. The Morgan fingerprint density at radius 3 is 2.96 bits per heavy atom. The van der Waals surface area contributed by atoms with Gasteiger partial charge >= 0.3 is 12.0 Å². The minimum absolute atomic E-state index is 0.0678. The Hall–Kier alpha value is -3.42. The average molecular weight is 367 g/mol. The molecule has 0 fully saturated rings. The molecule has 27 heavy (non-hydrogen) atoms. The van der Waals surface area contributed by atoms with Gasteiger partial charge in [-0.05, 0) is 56.4 Å². The molecule has 8 nitrogen and oxygen atoms in total. The van der Waals surface area contributed by atoms with Gasteiger partial charge in [-0.1, -0.05) is 29.4 Å². The van der Waals surface area contributed by atoms with E-state index in [1.54, 1.807) is 12.1 Å². The Kier molecular flexibility index (Phi) is 5.35. The van der Waals surface area contributed by atoms with Crippen LogP contribution in [0.25, 0.3) is 11.5 Å². The van der Waals surface area contributed by atoms with Crippen molar-refractivity contribution in [2.75, 3.05) is 5.32 Å². The number of carbonyl (C=O) groups is 1. The van der Waals surface area contributed by atoms with Gasteiger partial charge in [0.2, 0.25) is 5.89 Å². The van der Waals surface area contributed by atoms with Gasteiger partial charge in [0.25, 0.3) is 0 Å². The van der Waals surface area contributed by atoms with Crippen LogP contribution in [0.5, 0.6) is 5.75 Å². The zero-order valence-corrected chi connectivity index (χ0v) is 15.2. The van der Waals surface area contributed by atoms with E-state index < -0.39 is 6.03 Å². The number of rotatable bonds is 4. The summed E-state index contributed by atoms with van der Waals surface area (Å²) >= 11 is 0. The molecule has 0 radical (unpaired) electrons. The SMILES string of the molecule is C=C(C)C1CC=C(C)/C(=N/NC(=O)Nc2nnc(-c3cccc(O)c3)o2)C1. The number of nitrogens with one attached hydrogen (secondary N) is 2. The van der Waals surface area contributed by atoms with Crippen LogP contribution in [-0.4, -0.2) is 27.0 Å². The number of phenols is 1. The van der Waals surface area contributed by atoms with Crippen LogP contribution in [0.3, 0.4) is 0 Å². The molecule has 3 N–H and O–H groups in total. The minimum atomic E-state index is -0.584. The Labute approximate surface area is 156 Å². The lowest BCUT2D eigenvalue weighted by Gasteiger charge is -2.22. The number of anilines is 1. The van der Waals surface area contributed by atoms with Crippen LogP contribution in [0.4, 0.5) is 10.8 Å². The molecule has 3 rings (SSSR count). The lowest BCUT2D eigenvalue weighted by atomic mass is 9.85. The van der Waals surface area contributed by atoms with Crippen molar-refractivity contribution in [3.8, 4) is 17.2 Å². The van der Waals surface area contributed by atoms with Crippen LogP contribution in [-0.2, 0) is 0 Å². The Bertz CT molecular complexity index is 929. The zero-order chi connectivity index (χ0) is 19.4. The van der Waals surface area contributed by atoms with Gasteiger partial charge in [0.05, 0.1) is 5.71 Å². The first-order chi connectivity index (χ1) is 12.9. The van der Waals surface area contributed by atoms with E-state index >= 15 is 0 Å². The number of nitrogens with zero attached hydrogens (tertiary/aromatic N) is 3. The number of aromatic hydroxyl groups is 1. The van der Waals surface area contributed by atoms with E-state index in [0.29, 0.717) is 11.5 Å². The van der Waals surface area contributed by atoms with Gasteiger partial charge in [0.1, 0.15) is 5.75 Å². The number of allylic oxidation sites excluding steroid dienone is 3. The number of carbonyl (C=O) groups excluding carboxylic acids is 1. The second-order valence-electron chi connectivity index (χ2n) is 6.46. The van der Waals surface area contributed by atoms with Crippen LogP contribution < -0.4 is 10.7 Å². The van der Waals surface area contributed by atoms with E-state index in [-0.39, 0.29) is 17.7 Å². The van der Waals surface area contributed by atoms with Crippen molar-refractivity contribution < 1.29 is 14.3 Å². The van der Waals surface area contributed by atoms with E-state index in [9.17, 15) is 9.90 Å². The zero-order valence-electron chi connectivity index (χ0n) is 15.2. The third kappa shape index (κ3) is 4.60. The predicted molar refractivity (Wildman–Crippen MR) is 102 cm³/mol. The van der Waals surface area contributed by atoms with Gasteiger partial charge < -0.3 is 9.52 Å². The maximum Gasteiger partial charge on any atom is 0.343 e. The smallest absolute Gasteiger partial charge is 0.343 e. The summed E-state index contributed by atoms with van der Waals surface area (Å²) in [5.74, 6) is 0.596. The van der Waals surface area contributed by atoms with Gasteiger partial charge in [-0.25, -0.2) is 10.2 Å². The number of benzene rings is 1. The van der Waals surface area contributed by atoms with Gasteiger partial charge in [-0.3, -0.25) is 5.32 Å². The first-order valence-corrected chi connectivity index (χ1v) is 8.51. The first-order valence-electron chi connectivity index (χ1n) is 8.51. The number of aromatic nitrogens is 2. The molecule has 1 heterocycles. The number of amides is 2. The first kappa shape index (κ1) is 18.4. The molecule has 1 unspecified atom stereocenters. The molecular weight excluding hydrogens is 346 g/mol. The van der Waals surface area contributed by atoms with E-state index in [1.807, 2.05) is 13.8 Å². The lowest BCUT2D eigenvalue weighted by Crippen LogP contribution is -2.27. The van der Waals surface area contributed by atoms with Crippen molar-refractivity contribution in [1.82, 2.24) is 15.6 Å². The molecule has 1 aliphatic rings. The fourth-order valence-corrected chi connectivity index (χ4v) is 2.70. The summed E-state index contributed by atoms with van der Waals surface area (Å²) in [5.41, 5.74) is 5.95. The number of phenolic OH excluding ortho intramolecular Hbond substituents is 1.